The Morgan fingerprint density at radius 3 is 2.41 bits per heavy atom. The minimum absolute atomic E-state index is 0.0334. The monoisotopic (exact) mass is 304 g/mol. The number of nitrogens with two attached hydrogens (primary N) is 1. The van der Waals surface area contributed by atoms with Gasteiger partial charge in [0.2, 0.25) is 5.91 Å². The lowest BCUT2D eigenvalue weighted by atomic mass is 9.96. The van der Waals surface area contributed by atoms with E-state index in [1.165, 1.54) is 0 Å². The fourth-order valence-electron chi connectivity index (χ4n) is 2.77. The Kier molecular flexibility index (Phi) is 5.81. The van der Waals surface area contributed by atoms with Crippen molar-refractivity contribution in [1.82, 2.24) is 0 Å². The molecule has 0 atom stereocenters. The number of hydrogen-bond acceptors (Lipinski definition) is 4. The second-order valence-corrected chi connectivity index (χ2v) is 5.65. The Morgan fingerprint density at radius 1 is 1.23 bits per heavy atom. The second-order valence-electron chi connectivity index (χ2n) is 5.65. The van der Waals surface area contributed by atoms with Crippen LogP contribution in [-0.2, 0) is 20.7 Å². The van der Waals surface area contributed by atoms with Gasteiger partial charge < -0.3 is 15.4 Å². The van der Waals surface area contributed by atoms with E-state index < -0.39 is 0 Å². The maximum Gasteiger partial charge on any atom is 0.309 e. The molecule has 0 spiro atoms. The average molecular weight is 304 g/mol. The quantitative estimate of drug-likeness (QED) is 0.815. The zero-order valence-corrected chi connectivity index (χ0v) is 13.1. The van der Waals surface area contributed by atoms with Crippen molar-refractivity contribution in [2.45, 2.75) is 32.6 Å². The first-order valence-corrected chi connectivity index (χ1v) is 7.89. The number of aryl methyl sites for hydroxylation is 1. The molecular formula is C17H24N2O3. The average Bonchev–Trinajstić information content (AvgIpc) is 2.54. The van der Waals surface area contributed by atoms with Crippen molar-refractivity contribution in [3.8, 4) is 0 Å². The lowest BCUT2D eigenvalue weighted by molar-refractivity contribution is -0.148. The number of anilines is 1. The van der Waals surface area contributed by atoms with Crippen LogP contribution in [-0.4, -0.2) is 31.6 Å². The van der Waals surface area contributed by atoms with E-state index >= 15 is 0 Å². The van der Waals surface area contributed by atoms with Crippen LogP contribution in [0.5, 0.6) is 0 Å². The highest BCUT2D eigenvalue weighted by molar-refractivity contribution is 5.74. The lowest BCUT2D eigenvalue weighted by Crippen LogP contribution is -2.36. The number of amides is 1. The molecule has 1 saturated heterocycles. The number of carbonyl (C=O) groups is 2. The van der Waals surface area contributed by atoms with E-state index in [1.54, 1.807) is 0 Å². The van der Waals surface area contributed by atoms with Gasteiger partial charge in [0.1, 0.15) is 0 Å². The van der Waals surface area contributed by atoms with Gasteiger partial charge in [0, 0.05) is 25.2 Å². The van der Waals surface area contributed by atoms with Gasteiger partial charge in [0.05, 0.1) is 12.5 Å². The third-order valence-electron chi connectivity index (χ3n) is 4.08. The van der Waals surface area contributed by atoms with Crippen molar-refractivity contribution in [2.24, 2.45) is 11.7 Å². The molecule has 0 saturated carbocycles. The van der Waals surface area contributed by atoms with Gasteiger partial charge in [0.15, 0.2) is 0 Å². The number of primary amides is 1. The molecule has 2 rings (SSSR count). The first-order chi connectivity index (χ1) is 10.6. The van der Waals surface area contributed by atoms with Crippen LogP contribution >= 0.6 is 0 Å². The van der Waals surface area contributed by atoms with Crippen LogP contribution in [0.3, 0.4) is 0 Å². The fraction of sp³-hybridized carbons (Fsp3) is 0.529. The molecule has 1 aliphatic heterocycles. The molecular weight excluding hydrogens is 280 g/mol. The summed E-state index contributed by atoms with van der Waals surface area (Å²) in [6.07, 6.45) is 2.73. The van der Waals surface area contributed by atoms with Crippen molar-refractivity contribution in [1.29, 1.82) is 0 Å². The SMILES string of the molecule is CCOC(=O)C1CCN(c2ccc(CCC(N)=O)cc2)CC1. The summed E-state index contributed by atoms with van der Waals surface area (Å²) in [5.41, 5.74) is 7.43. The van der Waals surface area contributed by atoms with Crippen molar-refractivity contribution in [3.63, 3.8) is 0 Å². The number of ether oxygens (including phenoxy) is 1. The first kappa shape index (κ1) is 16.3. The maximum atomic E-state index is 11.7. The Labute approximate surface area is 131 Å². The van der Waals surface area contributed by atoms with E-state index in [2.05, 4.69) is 17.0 Å². The van der Waals surface area contributed by atoms with Crippen molar-refractivity contribution in [3.05, 3.63) is 29.8 Å². The van der Waals surface area contributed by atoms with E-state index in [1.807, 2.05) is 19.1 Å². The maximum absolute atomic E-state index is 11.7. The molecule has 1 aromatic carbocycles. The van der Waals surface area contributed by atoms with Gasteiger partial charge in [-0.15, -0.1) is 0 Å². The summed E-state index contributed by atoms with van der Waals surface area (Å²) in [6.45, 7) is 4.02. The van der Waals surface area contributed by atoms with Crippen LogP contribution < -0.4 is 10.6 Å². The highest BCUT2D eigenvalue weighted by atomic mass is 16.5. The van der Waals surface area contributed by atoms with Crippen LogP contribution in [0.4, 0.5) is 5.69 Å². The summed E-state index contributed by atoms with van der Waals surface area (Å²) in [5.74, 6) is -0.305. The number of hydrogen-bond donors (Lipinski definition) is 1. The molecule has 0 bridgehead atoms. The van der Waals surface area contributed by atoms with Gasteiger partial charge >= 0.3 is 5.97 Å². The van der Waals surface area contributed by atoms with E-state index in [9.17, 15) is 9.59 Å². The number of rotatable bonds is 6. The van der Waals surface area contributed by atoms with E-state index in [4.69, 9.17) is 10.5 Å². The first-order valence-electron chi connectivity index (χ1n) is 7.89. The van der Waals surface area contributed by atoms with Crippen LogP contribution in [0.15, 0.2) is 24.3 Å². The van der Waals surface area contributed by atoms with Gasteiger partial charge in [-0.05, 0) is 43.9 Å². The predicted molar refractivity (Wildman–Crippen MR) is 85.5 cm³/mol. The molecule has 0 radical (unpaired) electrons. The van der Waals surface area contributed by atoms with Crippen LogP contribution in [0.1, 0.15) is 31.7 Å². The van der Waals surface area contributed by atoms with Crippen molar-refractivity contribution < 1.29 is 14.3 Å². The Morgan fingerprint density at radius 2 is 1.86 bits per heavy atom. The van der Waals surface area contributed by atoms with E-state index in [0.717, 1.165) is 37.2 Å². The zero-order chi connectivity index (χ0) is 15.9. The number of nitrogens with zero attached hydrogens (tertiary/aromatic N) is 1. The predicted octanol–water partition coefficient (Wildman–Crippen LogP) is 1.88. The molecule has 2 N–H and O–H groups in total. The fourth-order valence-corrected chi connectivity index (χ4v) is 2.77. The summed E-state index contributed by atoms with van der Waals surface area (Å²) in [7, 11) is 0. The number of esters is 1. The molecule has 120 valence electrons. The Balaban J connectivity index is 1.86. The molecule has 1 heterocycles. The van der Waals surface area contributed by atoms with Crippen LogP contribution in [0.2, 0.25) is 0 Å². The summed E-state index contributed by atoms with van der Waals surface area (Å²) < 4.78 is 5.09. The molecule has 5 nitrogen and oxygen atoms in total. The smallest absolute Gasteiger partial charge is 0.309 e. The van der Waals surface area contributed by atoms with Gasteiger partial charge in [-0.1, -0.05) is 12.1 Å². The van der Waals surface area contributed by atoms with Gasteiger partial charge in [-0.3, -0.25) is 9.59 Å². The third-order valence-corrected chi connectivity index (χ3v) is 4.08. The standard InChI is InChI=1S/C17H24N2O3/c1-2-22-17(21)14-9-11-19(12-10-14)15-6-3-13(4-7-15)5-8-16(18)20/h3-4,6-7,14H,2,5,8-12H2,1H3,(H2,18,20). The summed E-state index contributed by atoms with van der Waals surface area (Å²) in [5, 5.41) is 0. The highest BCUT2D eigenvalue weighted by Gasteiger charge is 2.25. The molecule has 5 heteroatoms. The lowest BCUT2D eigenvalue weighted by Gasteiger charge is -2.32. The molecule has 1 aliphatic rings. The highest BCUT2D eigenvalue weighted by Crippen LogP contribution is 2.24. The van der Waals surface area contributed by atoms with Gasteiger partial charge in [-0.25, -0.2) is 0 Å². The number of piperidine rings is 1. The summed E-state index contributed by atoms with van der Waals surface area (Å²) in [6, 6.07) is 8.22. The van der Waals surface area contributed by atoms with Crippen molar-refractivity contribution >= 4 is 17.6 Å². The molecule has 0 aliphatic carbocycles. The molecule has 0 aromatic heterocycles. The van der Waals surface area contributed by atoms with E-state index in [0.29, 0.717) is 19.4 Å². The zero-order valence-electron chi connectivity index (χ0n) is 13.1. The number of benzene rings is 1. The van der Waals surface area contributed by atoms with Gasteiger partial charge in [-0.2, -0.15) is 0 Å². The van der Waals surface area contributed by atoms with E-state index in [-0.39, 0.29) is 17.8 Å². The van der Waals surface area contributed by atoms with Crippen molar-refractivity contribution in [2.75, 3.05) is 24.6 Å². The Hall–Kier alpha value is -2.04. The van der Waals surface area contributed by atoms with Crippen LogP contribution in [0.25, 0.3) is 0 Å². The second kappa shape index (κ2) is 7.82. The third kappa shape index (κ3) is 4.48. The molecule has 1 fully saturated rings. The minimum atomic E-state index is -0.273. The molecule has 1 amide bonds. The molecule has 1 aromatic rings. The number of carbonyl (C=O) groups excluding carboxylic acids is 2. The molecule has 0 unspecified atom stereocenters. The Bertz CT molecular complexity index is 505. The summed E-state index contributed by atoms with van der Waals surface area (Å²) >= 11 is 0. The molecule has 22 heavy (non-hydrogen) atoms. The van der Waals surface area contributed by atoms with Gasteiger partial charge in [0.25, 0.3) is 0 Å². The minimum Gasteiger partial charge on any atom is -0.466 e. The largest absolute Gasteiger partial charge is 0.466 e. The topological polar surface area (TPSA) is 72.6 Å². The van der Waals surface area contributed by atoms with Crippen LogP contribution in [0, 0.1) is 5.92 Å². The normalized spacial score (nSPS) is 15.6. The summed E-state index contributed by atoms with van der Waals surface area (Å²) in [4.78, 5) is 24.8.